The lowest BCUT2D eigenvalue weighted by Crippen LogP contribution is -2.30. The van der Waals surface area contributed by atoms with Crippen LogP contribution in [0, 0.1) is 11.6 Å². The van der Waals surface area contributed by atoms with Crippen LogP contribution in [0.25, 0.3) is 0 Å². The lowest BCUT2D eigenvalue weighted by atomic mass is 9.98. The van der Waals surface area contributed by atoms with Gasteiger partial charge in [0.15, 0.2) is 0 Å². The van der Waals surface area contributed by atoms with Gasteiger partial charge in [-0.15, -0.1) is 0 Å². The molecule has 3 N–H and O–H groups in total. The van der Waals surface area contributed by atoms with E-state index in [4.69, 9.17) is 10.6 Å². The Bertz CT molecular complexity index is 575. The maximum atomic E-state index is 13.8. The Labute approximate surface area is 110 Å². The van der Waals surface area contributed by atoms with Crippen molar-refractivity contribution in [2.45, 2.75) is 6.04 Å². The van der Waals surface area contributed by atoms with E-state index in [1.807, 2.05) is 0 Å². The van der Waals surface area contributed by atoms with E-state index < -0.39 is 17.7 Å². The van der Waals surface area contributed by atoms with Crippen molar-refractivity contribution in [3.05, 3.63) is 65.2 Å². The van der Waals surface area contributed by atoms with Crippen molar-refractivity contribution in [2.75, 3.05) is 7.11 Å². The van der Waals surface area contributed by atoms with Crippen LogP contribution in [0.2, 0.25) is 0 Å². The molecule has 0 spiro atoms. The fourth-order valence-electron chi connectivity index (χ4n) is 1.99. The molecule has 2 aromatic rings. The van der Waals surface area contributed by atoms with Gasteiger partial charge in [0, 0.05) is 11.1 Å². The first kappa shape index (κ1) is 13.5. The quantitative estimate of drug-likeness (QED) is 0.659. The molecule has 0 aliphatic heterocycles. The standard InChI is InChI=1S/C14H14F2N2O/c1-19-13-5-3-2-4-10(13)14(18-17)11-8-9(15)6-7-12(11)16/h2-8,14,18H,17H2,1H3. The van der Waals surface area contributed by atoms with Crippen molar-refractivity contribution in [3.8, 4) is 5.75 Å². The van der Waals surface area contributed by atoms with Gasteiger partial charge in [-0.05, 0) is 24.3 Å². The topological polar surface area (TPSA) is 47.3 Å². The number of benzene rings is 2. The average molecular weight is 264 g/mol. The van der Waals surface area contributed by atoms with Crippen LogP contribution in [0.1, 0.15) is 17.2 Å². The van der Waals surface area contributed by atoms with Gasteiger partial charge in [-0.2, -0.15) is 0 Å². The molecule has 100 valence electrons. The SMILES string of the molecule is COc1ccccc1C(NN)c1cc(F)ccc1F. The van der Waals surface area contributed by atoms with Crippen molar-refractivity contribution in [2.24, 2.45) is 5.84 Å². The van der Waals surface area contributed by atoms with E-state index in [0.717, 1.165) is 18.2 Å². The number of nitrogens with two attached hydrogens (primary N) is 1. The van der Waals surface area contributed by atoms with E-state index in [9.17, 15) is 8.78 Å². The van der Waals surface area contributed by atoms with Crippen LogP contribution >= 0.6 is 0 Å². The first-order valence-electron chi connectivity index (χ1n) is 5.71. The van der Waals surface area contributed by atoms with Crippen molar-refractivity contribution >= 4 is 0 Å². The van der Waals surface area contributed by atoms with Crippen molar-refractivity contribution < 1.29 is 13.5 Å². The molecule has 0 saturated carbocycles. The minimum atomic E-state index is -0.688. The van der Waals surface area contributed by atoms with Gasteiger partial charge in [-0.1, -0.05) is 18.2 Å². The number of hydrogen-bond donors (Lipinski definition) is 2. The summed E-state index contributed by atoms with van der Waals surface area (Å²) in [4.78, 5) is 0. The molecule has 1 unspecified atom stereocenters. The fraction of sp³-hybridized carbons (Fsp3) is 0.143. The first-order chi connectivity index (χ1) is 9.17. The third-order valence-corrected chi connectivity index (χ3v) is 2.89. The summed E-state index contributed by atoms with van der Waals surface area (Å²) in [6, 6.07) is 9.61. The van der Waals surface area contributed by atoms with Gasteiger partial charge in [0.1, 0.15) is 17.4 Å². The minimum absolute atomic E-state index is 0.131. The van der Waals surface area contributed by atoms with Gasteiger partial charge in [0.05, 0.1) is 13.2 Å². The molecule has 0 amide bonds. The molecule has 0 saturated heterocycles. The zero-order valence-corrected chi connectivity index (χ0v) is 10.4. The van der Waals surface area contributed by atoms with Crippen LogP contribution in [-0.4, -0.2) is 7.11 Å². The summed E-state index contributed by atoms with van der Waals surface area (Å²) in [5.41, 5.74) is 3.26. The molecular weight excluding hydrogens is 250 g/mol. The summed E-state index contributed by atoms with van der Waals surface area (Å²) >= 11 is 0. The maximum absolute atomic E-state index is 13.8. The Morgan fingerprint density at radius 2 is 1.84 bits per heavy atom. The normalized spacial score (nSPS) is 12.2. The smallest absolute Gasteiger partial charge is 0.128 e. The predicted octanol–water partition coefficient (Wildman–Crippen LogP) is 2.53. The molecule has 0 aliphatic carbocycles. The Hall–Kier alpha value is -1.98. The highest BCUT2D eigenvalue weighted by Gasteiger charge is 2.20. The fourth-order valence-corrected chi connectivity index (χ4v) is 1.99. The maximum Gasteiger partial charge on any atom is 0.128 e. The number of para-hydroxylation sites is 1. The number of methoxy groups -OCH3 is 1. The van der Waals surface area contributed by atoms with Crippen molar-refractivity contribution in [1.82, 2.24) is 5.43 Å². The van der Waals surface area contributed by atoms with Crippen LogP contribution in [0.4, 0.5) is 8.78 Å². The molecule has 0 bridgehead atoms. The third-order valence-electron chi connectivity index (χ3n) is 2.89. The largest absolute Gasteiger partial charge is 0.496 e. The second-order valence-corrected chi connectivity index (χ2v) is 4.01. The zero-order valence-electron chi connectivity index (χ0n) is 10.4. The summed E-state index contributed by atoms with van der Waals surface area (Å²) in [5.74, 6) is 4.98. The zero-order chi connectivity index (χ0) is 13.8. The number of hydrazine groups is 1. The molecule has 19 heavy (non-hydrogen) atoms. The highest BCUT2D eigenvalue weighted by atomic mass is 19.1. The number of hydrogen-bond acceptors (Lipinski definition) is 3. The lowest BCUT2D eigenvalue weighted by Gasteiger charge is -2.20. The Kier molecular flexibility index (Phi) is 4.09. The molecular formula is C14H14F2N2O. The van der Waals surface area contributed by atoms with E-state index >= 15 is 0 Å². The van der Waals surface area contributed by atoms with Crippen LogP contribution in [-0.2, 0) is 0 Å². The van der Waals surface area contributed by atoms with Gasteiger partial charge in [-0.3, -0.25) is 5.84 Å². The number of halogens is 2. The summed E-state index contributed by atoms with van der Waals surface area (Å²) < 4.78 is 32.3. The molecule has 0 aromatic heterocycles. The van der Waals surface area contributed by atoms with E-state index in [-0.39, 0.29) is 5.56 Å². The van der Waals surface area contributed by atoms with Crippen LogP contribution in [0.15, 0.2) is 42.5 Å². The Morgan fingerprint density at radius 1 is 1.11 bits per heavy atom. The molecule has 5 heteroatoms. The molecule has 1 atom stereocenters. The number of rotatable bonds is 4. The summed E-state index contributed by atoms with van der Waals surface area (Å²) in [6.45, 7) is 0. The molecule has 3 nitrogen and oxygen atoms in total. The highest BCUT2D eigenvalue weighted by molar-refractivity contribution is 5.41. The molecule has 2 aromatic carbocycles. The highest BCUT2D eigenvalue weighted by Crippen LogP contribution is 2.30. The van der Waals surface area contributed by atoms with Crippen molar-refractivity contribution in [1.29, 1.82) is 0 Å². The molecule has 0 fully saturated rings. The monoisotopic (exact) mass is 264 g/mol. The van der Waals surface area contributed by atoms with E-state index in [1.54, 1.807) is 24.3 Å². The summed E-state index contributed by atoms with van der Waals surface area (Å²) in [5, 5.41) is 0. The number of nitrogens with one attached hydrogen (secondary N) is 1. The summed E-state index contributed by atoms with van der Waals surface area (Å²) in [6.07, 6.45) is 0. The predicted molar refractivity (Wildman–Crippen MR) is 68.5 cm³/mol. The van der Waals surface area contributed by atoms with Gasteiger partial charge >= 0.3 is 0 Å². The van der Waals surface area contributed by atoms with E-state index in [1.165, 1.54) is 7.11 Å². The van der Waals surface area contributed by atoms with Gasteiger partial charge in [0.2, 0.25) is 0 Å². The Morgan fingerprint density at radius 3 is 2.53 bits per heavy atom. The van der Waals surface area contributed by atoms with Gasteiger partial charge < -0.3 is 4.74 Å². The van der Waals surface area contributed by atoms with Crippen LogP contribution in [0.3, 0.4) is 0 Å². The average Bonchev–Trinajstić information content (AvgIpc) is 2.44. The van der Waals surface area contributed by atoms with Gasteiger partial charge in [0.25, 0.3) is 0 Å². The molecule has 0 aliphatic rings. The second-order valence-electron chi connectivity index (χ2n) is 4.01. The second kappa shape index (κ2) is 5.77. The van der Waals surface area contributed by atoms with Crippen molar-refractivity contribution in [3.63, 3.8) is 0 Å². The Balaban J connectivity index is 2.53. The summed E-state index contributed by atoms with van der Waals surface area (Å²) in [7, 11) is 1.51. The van der Waals surface area contributed by atoms with Gasteiger partial charge in [-0.25, -0.2) is 14.2 Å². The van der Waals surface area contributed by atoms with E-state index in [2.05, 4.69) is 5.43 Å². The van der Waals surface area contributed by atoms with E-state index in [0.29, 0.717) is 11.3 Å². The lowest BCUT2D eigenvalue weighted by molar-refractivity contribution is 0.403. The number of ether oxygens (including phenoxy) is 1. The minimum Gasteiger partial charge on any atom is -0.496 e. The molecule has 0 radical (unpaired) electrons. The molecule has 0 heterocycles. The molecule has 2 rings (SSSR count). The third kappa shape index (κ3) is 2.72. The van der Waals surface area contributed by atoms with Crippen LogP contribution < -0.4 is 16.0 Å². The first-order valence-corrected chi connectivity index (χ1v) is 5.71. The van der Waals surface area contributed by atoms with Crippen LogP contribution in [0.5, 0.6) is 5.75 Å².